The second-order valence-corrected chi connectivity index (χ2v) is 8.50. The minimum Gasteiger partial charge on any atom is -0.436 e. The number of fused-ring (bicyclic) bond motifs is 2. The first kappa shape index (κ1) is 20.7. The highest BCUT2D eigenvalue weighted by Crippen LogP contribution is 2.39. The number of nitrogens with zero attached hydrogens (tertiary/aromatic N) is 2. The predicted octanol–water partition coefficient (Wildman–Crippen LogP) is 4.96. The van der Waals surface area contributed by atoms with Gasteiger partial charge >= 0.3 is 0 Å². The van der Waals surface area contributed by atoms with Crippen molar-refractivity contribution in [2.45, 2.75) is 51.5 Å². The molecule has 0 unspecified atom stereocenters. The molecular formula is C23H26ClN3O3. The number of anilines is 1. The molecule has 4 rings (SSSR count). The molecule has 6 nitrogen and oxygen atoms in total. The Kier molecular flexibility index (Phi) is 6.23. The third kappa shape index (κ3) is 4.43. The van der Waals surface area contributed by atoms with Gasteiger partial charge in [0.25, 0.3) is 5.91 Å². The Hall–Kier alpha value is -2.60. The molecule has 0 radical (unpaired) electrons. The highest BCUT2D eigenvalue weighted by Gasteiger charge is 2.29. The topological polar surface area (TPSA) is 71.5 Å². The molecule has 1 aromatic carbocycles. The van der Waals surface area contributed by atoms with Crippen LogP contribution in [0.2, 0.25) is 5.02 Å². The molecule has 1 aliphatic carbocycles. The van der Waals surface area contributed by atoms with E-state index in [1.165, 1.54) is 12.8 Å². The van der Waals surface area contributed by atoms with Crippen LogP contribution in [0.4, 0.5) is 5.69 Å². The van der Waals surface area contributed by atoms with Gasteiger partial charge in [-0.05, 0) is 55.5 Å². The number of benzene rings is 1. The maximum Gasteiger partial charge on any atom is 0.263 e. The van der Waals surface area contributed by atoms with Crippen molar-refractivity contribution in [2.75, 3.05) is 11.4 Å². The van der Waals surface area contributed by atoms with Crippen molar-refractivity contribution in [3.8, 4) is 11.6 Å². The molecule has 1 fully saturated rings. The van der Waals surface area contributed by atoms with E-state index in [1.54, 1.807) is 41.4 Å². The van der Waals surface area contributed by atoms with Crippen LogP contribution < -0.4 is 15.0 Å². The molecule has 158 valence electrons. The first-order chi connectivity index (χ1) is 14.5. The van der Waals surface area contributed by atoms with E-state index in [1.807, 2.05) is 0 Å². The lowest BCUT2D eigenvalue weighted by molar-refractivity contribution is -0.122. The van der Waals surface area contributed by atoms with Crippen LogP contribution in [-0.2, 0) is 4.79 Å². The van der Waals surface area contributed by atoms with E-state index in [-0.39, 0.29) is 23.7 Å². The summed E-state index contributed by atoms with van der Waals surface area (Å²) in [5.74, 6) is 1.15. The highest BCUT2D eigenvalue weighted by atomic mass is 35.5. The van der Waals surface area contributed by atoms with Gasteiger partial charge in [0.15, 0.2) is 5.75 Å². The number of aromatic nitrogens is 1. The average Bonchev–Trinajstić information content (AvgIpc) is 2.85. The fraction of sp³-hybridized carbons (Fsp3) is 0.435. The number of ether oxygens (including phenoxy) is 1. The Morgan fingerprint density at radius 1 is 1.30 bits per heavy atom. The SMILES string of the molecule is C[C@H]1CCCC[C@@H]1NC(=O)CCCN1C(=O)c2cccnc2Oc2ccc(Cl)cc21. The number of hydrogen-bond acceptors (Lipinski definition) is 4. The van der Waals surface area contributed by atoms with Gasteiger partial charge < -0.3 is 15.0 Å². The van der Waals surface area contributed by atoms with Crippen LogP contribution in [0.15, 0.2) is 36.5 Å². The van der Waals surface area contributed by atoms with Crippen molar-refractivity contribution in [3.63, 3.8) is 0 Å². The number of nitrogens with one attached hydrogen (secondary N) is 1. The van der Waals surface area contributed by atoms with Crippen molar-refractivity contribution in [1.82, 2.24) is 10.3 Å². The van der Waals surface area contributed by atoms with E-state index in [0.717, 1.165) is 12.8 Å². The second kappa shape index (κ2) is 9.04. The number of pyridine rings is 1. The van der Waals surface area contributed by atoms with E-state index >= 15 is 0 Å². The molecule has 0 bridgehead atoms. The molecule has 1 aromatic heterocycles. The Morgan fingerprint density at radius 3 is 2.97 bits per heavy atom. The number of hydrogen-bond donors (Lipinski definition) is 1. The minimum atomic E-state index is -0.208. The lowest BCUT2D eigenvalue weighted by atomic mass is 9.86. The number of amides is 2. The molecule has 1 saturated carbocycles. The van der Waals surface area contributed by atoms with E-state index in [0.29, 0.717) is 47.3 Å². The summed E-state index contributed by atoms with van der Waals surface area (Å²) in [6.07, 6.45) is 7.12. The number of carbonyl (C=O) groups is 2. The van der Waals surface area contributed by atoms with Gasteiger partial charge in [0.2, 0.25) is 11.8 Å². The molecule has 1 aliphatic heterocycles. The van der Waals surface area contributed by atoms with Crippen LogP contribution in [-0.4, -0.2) is 29.4 Å². The van der Waals surface area contributed by atoms with Crippen LogP contribution in [0.5, 0.6) is 11.6 Å². The second-order valence-electron chi connectivity index (χ2n) is 8.07. The lowest BCUT2D eigenvalue weighted by Gasteiger charge is -2.29. The summed E-state index contributed by atoms with van der Waals surface area (Å²) in [4.78, 5) is 31.5. The fourth-order valence-corrected chi connectivity index (χ4v) is 4.38. The quantitative estimate of drug-likeness (QED) is 0.731. The van der Waals surface area contributed by atoms with Gasteiger partial charge in [-0.2, -0.15) is 0 Å². The monoisotopic (exact) mass is 427 g/mol. The summed E-state index contributed by atoms with van der Waals surface area (Å²) in [6, 6.07) is 8.83. The molecule has 2 aromatic rings. The van der Waals surface area contributed by atoms with Crippen molar-refractivity contribution in [1.29, 1.82) is 0 Å². The van der Waals surface area contributed by atoms with Crippen LogP contribution in [0.1, 0.15) is 55.8 Å². The number of carbonyl (C=O) groups excluding carboxylic acids is 2. The molecule has 7 heteroatoms. The zero-order chi connectivity index (χ0) is 21.1. The summed E-state index contributed by atoms with van der Waals surface area (Å²) in [6.45, 7) is 2.59. The summed E-state index contributed by atoms with van der Waals surface area (Å²) in [7, 11) is 0. The standard InChI is InChI=1S/C23H26ClN3O3/c1-15-6-2-3-8-18(15)26-21(28)9-5-13-27-19-14-16(24)10-11-20(19)30-22-17(23(27)29)7-4-12-25-22/h4,7,10-12,14-15,18H,2-3,5-6,8-9,13H2,1H3,(H,26,28)/t15-,18-/m0/s1. The fourth-order valence-electron chi connectivity index (χ4n) is 4.21. The maximum absolute atomic E-state index is 13.2. The summed E-state index contributed by atoms with van der Waals surface area (Å²) in [5, 5.41) is 3.69. The average molecular weight is 428 g/mol. The Bertz CT molecular complexity index is 949. The smallest absolute Gasteiger partial charge is 0.263 e. The van der Waals surface area contributed by atoms with Gasteiger partial charge in [-0.1, -0.05) is 31.4 Å². The Balaban J connectivity index is 1.46. The maximum atomic E-state index is 13.2. The lowest BCUT2D eigenvalue weighted by Crippen LogP contribution is -2.41. The Labute approximate surface area is 181 Å². The zero-order valence-electron chi connectivity index (χ0n) is 17.1. The van der Waals surface area contributed by atoms with Crippen LogP contribution >= 0.6 is 11.6 Å². The van der Waals surface area contributed by atoms with Crippen molar-refractivity contribution in [2.24, 2.45) is 5.92 Å². The van der Waals surface area contributed by atoms with Gasteiger partial charge in [-0.3, -0.25) is 9.59 Å². The third-order valence-electron chi connectivity index (χ3n) is 5.91. The largest absolute Gasteiger partial charge is 0.436 e. The van der Waals surface area contributed by atoms with Gasteiger partial charge in [0.05, 0.1) is 5.69 Å². The van der Waals surface area contributed by atoms with Gasteiger partial charge in [-0.25, -0.2) is 4.98 Å². The molecule has 1 N–H and O–H groups in total. The molecular weight excluding hydrogens is 402 g/mol. The van der Waals surface area contributed by atoms with Gasteiger partial charge in [-0.15, -0.1) is 0 Å². The van der Waals surface area contributed by atoms with Gasteiger partial charge in [0, 0.05) is 30.2 Å². The molecule has 0 spiro atoms. The van der Waals surface area contributed by atoms with Gasteiger partial charge in [0.1, 0.15) is 5.56 Å². The van der Waals surface area contributed by atoms with E-state index in [4.69, 9.17) is 16.3 Å². The molecule has 2 heterocycles. The van der Waals surface area contributed by atoms with E-state index in [2.05, 4.69) is 17.2 Å². The van der Waals surface area contributed by atoms with Crippen LogP contribution in [0.25, 0.3) is 0 Å². The molecule has 2 atom stereocenters. The predicted molar refractivity (Wildman–Crippen MR) is 116 cm³/mol. The molecule has 2 amide bonds. The first-order valence-electron chi connectivity index (χ1n) is 10.6. The van der Waals surface area contributed by atoms with Crippen LogP contribution in [0.3, 0.4) is 0 Å². The Morgan fingerprint density at radius 2 is 2.13 bits per heavy atom. The molecule has 30 heavy (non-hydrogen) atoms. The summed E-state index contributed by atoms with van der Waals surface area (Å²) < 4.78 is 5.89. The molecule has 0 saturated heterocycles. The minimum absolute atomic E-state index is 0.0423. The highest BCUT2D eigenvalue weighted by molar-refractivity contribution is 6.31. The van der Waals surface area contributed by atoms with E-state index in [9.17, 15) is 9.59 Å². The summed E-state index contributed by atoms with van der Waals surface area (Å²) in [5.41, 5.74) is 0.983. The number of halogens is 1. The van der Waals surface area contributed by atoms with E-state index < -0.39 is 0 Å². The normalized spacial score (nSPS) is 20.6. The number of rotatable bonds is 5. The summed E-state index contributed by atoms with van der Waals surface area (Å²) >= 11 is 6.19. The third-order valence-corrected chi connectivity index (χ3v) is 6.14. The first-order valence-corrected chi connectivity index (χ1v) is 10.9. The van der Waals surface area contributed by atoms with Crippen molar-refractivity contribution < 1.29 is 14.3 Å². The van der Waals surface area contributed by atoms with Crippen LogP contribution in [0, 0.1) is 5.92 Å². The van der Waals surface area contributed by atoms with Crippen molar-refractivity contribution in [3.05, 3.63) is 47.1 Å². The zero-order valence-corrected chi connectivity index (χ0v) is 17.8. The van der Waals surface area contributed by atoms with Crippen molar-refractivity contribution >= 4 is 29.1 Å². The molecule has 2 aliphatic rings.